The molecule has 2 N–H and O–H groups in total. The minimum Gasteiger partial charge on any atom is -0.382 e. The van der Waals surface area contributed by atoms with Crippen LogP contribution in [0.3, 0.4) is 0 Å². The third kappa shape index (κ3) is 1.66. The molecule has 0 saturated heterocycles. The van der Waals surface area contributed by atoms with E-state index in [0.717, 1.165) is 0 Å². The van der Waals surface area contributed by atoms with Crippen LogP contribution >= 0.6 is 0 Å². The Labute approximate surface area is 106 Å². The fourth-order valence-corrected chi connectivity index (χ4v) is 1.88. The highest BCUT2D eigenvalue weighted by molar-refractivity contribution is 5.84. The van der Waals surface area contributed by atoms with Gasteiger partial charge in [0.1, 0.15) is 23.9 Å². The van der Waals surface area contributed by atoms with E-state index in [0.29, 0.717) is 16.9 Å². The van der Waals surface area contributed by atoms with Crippen LogP contribution in [0.1, 0.15) is 0 Å². The highest BCUT2D eigenvalue weighted by atomic mass is 16.6. The molecule has 0 spiro atoms. The van der Waals surface area contributed by atoms with Gasteiger partial charge >= 0.3 is 0 Å². The number of para-hydroxylation sites is 2. The number of nitro groups is 1. The molecule has 0 atom stereocenters. The first-order chi connectivity index (χ1) is 9.18. The number of nitrogen functional groups attached to an aromatic ring is 1. The summed E-state index contributed by atoms with van der Waals surface area (Å²) in [4.78, 5) is 22.5. The second-order valence-electron chi connectivity index (χ2n) is 3.79. The van der Waals surface area contributed by atoms with Crippen LogP contribution in [-0.4, -0.2) is 24.4 Å². The predicted molar refractivity (Wildman–Crippen MR) is 67.7 cm³/mol. The van der Waals surface area contributed by atoms with Crippen molar-refractivity contribution in [2.24, 2.45) is 0 Å². The number of fused-ring (bicyclic) bond motifs is 1. The molecule has 0 bridgehead atoms. The predicted octanol–water partition coefficient (Wildman–Crippen LogP) is 1.31. The van der Waals surface area contributed by atoms with Gasteiger partial charge in [-0.2, -0.15) is 0 Å². The van der Waals surface area contributed by atoms with Crippen molar-refractivity contribution in [1.29, 1.82) is 0 Å². The average molecular weight is 256 g/mol. The zero-order valence-corrected chi connectivity index (χ0v) is 9.59. The van der Waals surface area contributed by atoms with Gasteiger partial charge < -0.3 is 5.73 Å². The minimum atomic E-state index is -0.457. The summed E-state index contributed by atoms with van der Waals surface area (Å²) in [6.07, 6.45) is 2.74. The summed E-state index contributed by atoms with van der Waals surface area (Å²) in [6.45, 7) is 0. The number of nitro benzene ring substituents is 1. The highest BCUT2D eigenvalue weighted by Crippen LogP contribution is 2.26. The van der Waals surface area contributed by atoms with Gasteiger partial charge in [-0.3, -0.25) is 14.7 Å². The molecule has 0 saturated carbocycles. The Morgan fingerprint density at radius 2 is 2.00 bits per heavy atom. The van der Waals surface area contributed by atoms with Gasteiger partial charge in [-0.1, -0.05) is 12.1 Å². The van der Waals surface area contributed by atoms with E-state index in [4.69, 9.17) is 5.73 Å². The van der Waals surface area contributed by atoms with Gasteiger partial charge in [0.25, 0.3) is 5.69 Å². The van der Waals surface area contributed by atoms with Crippen LogP contribution in [-0.2, 0) is 0 Å². The van der Waals surface area contributed by atoms with Crippen LogP contribution in [0.5, 0.6) is 0 Å². The smallest absolute Gasteiger partial charge is 0.293 e. The normalized spacial score (nSPS) is 10.7. The maximum Gasteiger partial charge on any atom is 0.293 e. The minimum absolute atomic E-state index is 0.0370. The van der Waals surface area contributed by atoms with Crippen molar-refractivity contribution in [1.82, 2.24) is 19.5 Å². The van der Waals surface area contributed by atoms with Crippen LogP contribution in [0.4, 0.5) is 11.5 Å². The zero-order chi connectivity index (χ0) is 13.4. The number of anilines is 1. The highest BCUT2D eigenvalue weighted by Gasteiger charge is 2.18. The van der Waals surface area contributed by atoms with Crippen LogP contribution in [0.15, 0.2) is 36.9 Å². The number of nitrogens with zero attached hydrogens (tertiary/aromatic N) is 5. The second kappa shape index (κ2) is 4.02. The molecule has 2 aromatic heterocycles. The molecular formula is C11H8N6O2. The molecular weight excluding hydrogens is 248 g/mol. The molecule has 0 amide bonds. The van der Waals surface area contributed by atoms with Crippen LogP contribution < -0.4 is 5.73 Å². The third-order valence-electron chi connectivity index (χ3n) is 2.71. The third-order valence-corrected chi connectivity index (χ3v) is 2.71. The number of nitrogens with two attached hydrogens (primary N) is 1. The lowest BCUT2D eigenvalue weighted by Gasteiger charge is -2.05. The Kier molecular flexibility index (Phi) is 2.34. The van der Waals surface area contributed by atoms with E-state index in [-0.39, 0.29) is 11.5 Å². The largest absolute Gasteiger partial charge is 0.382 e. The molecule has 3 rings (SSSR count). The maximum absolute atomic E-state index is 11.0. The van der Waals surface area contributed by atoms with Crippen molar-refractivity contribution in [3.63, 3.8) is 0 Å². The number of hydrogen-bond acceptors (Lipinski definition) is 6. The molecule has 94 valence electrons. The molecule has 0 radical (unpaired) electrons. The molecule has 8 heteroatoms. The quantitative estimate of drug-likeness (QED) is 0.546. The molecule has 0 aliphatic rings. The average Bonchev–Trinajstić information content (AvgIpc) is 2.84. The van der Waals surface area contributed by atoms with E-state index in [2.05, 4.69) is 15.0 Å². The Hall–Kier alpha value is -3.03. The lowest BCUT2D eigenvalue weighted by atomic mass is 10.2. The lowest BCUT2D eigenvalue weighted by Crippen LogP contribution is -2.01. The Bertz CT molecular complexity index is 782. The standard InChI is InChI=1S/C11H8N6O2/c12-10-9-11(14-5-13-10)15-6-16(9)7-3-1-2-4-8(7)17(18)19/h1-6H,(H2,12,13,14). The fourth-order valence-electron chi connectivity index (χ4n) is 1.88. The lowest BCUT2D eigenvalue weighted by molar-refractivity contribution is -0.384. The summed E-state index contributed by atoms with van der Waals surface area (Å²) in [5.41, 5.74) is 6.97. The van der Waals surface area contributed by atoms with Crippen molar-refractivity contribution in [3.05, 3.63) is 47.0 Å². The van der Waals surface area contributed by atoms with Crippen molar-refractivity contribution in [3.8, 4) is 5.69 Å². The topological polar surface area (TPSA) is 113 Å². The molecule has 2 heterocycles. The van der Waals surface area contributed by atoms with Crippen LogP contribution in [0.25, 0.3) is 16.9 Å². The number of hydrogen-bond donors (Lipinski definition) is 1. The first kappa shape index (κ1) is 11.1. The fraction of sp³-hybridized carbons (Fsp3) is 0. The van der Waals surface area contributed by atoms with Crippen molar-refractivity contribution < 1.29 is 4.92 Å². The van der Waals surface area contributed by atoms with E-state index in [1.807, 2.05) is 0 Å². The van der Waals surface area contributed by atoms with E-state index in [1.165, 1.54) is 23.3 Å². The summed E-state index contributed by atoms with van der Waals surface area (Å²) < 4.78 is 1.52. The van der Waals surface area contributed by atoms with E-state index in [9.17, 15) is 10.1 Å². The summed E-state index contributed by atoms with van der Waals surface area (Å²) in [5.74, 6) is 0.223. The Morgan fingerprint density at radius 1 is 1.21 bits per heavy atom. The molecule has 3 aromatic rings. The number of rotatable bonds is 2. The molecule has 8 nitrogen and oxygen atoms in total. The van der Waals surface area contributed by atoms with Crippen LogP contribution in [0.2, 0.25) is 0 Å². The van der Waals surface area contributed by atoms with Gasteiger partial charge in [-0.25, -0.2) is 15.0 Å². The van der Waals surface area contributed by atoms with Gasteiger partial charge in [-0.05, 0) is 6.07 Å². The SMILES string of the molecule is Nc1ncnc2ncn(-c3ccccc3[N+](=O)[O-])c12. The zero-order valence-electron chi connectivity index (χ0n) is 9.59. The number of imidazole rings is 1. The summed E-state index contributed by atoms with van der Waals surface area (Å²) in [6, 6.07) is 6.33. The second-order valence-corrected chi connectivity index (χ2v) is 3.79. The molecule has 19 heavy (non-hydrogen) atoms. The van der Waals surface area contributed by atoms with Gasteiger partial charge in [0.15, 0.2) is 11.5 Å². The first-order valence-electron chi connectivity index (χ1n) is 5.36. The summed E-state index contributed by atoms with van der Waals surface area (Å²) in [5, 5.41) is 11.0. The first-order valence-corrected chi connectivity index (χ1v) is 5.36. The van der Waals surface area contributed by atoms with Crippen molar-refractivity contribution in [2.45, 2.75) is 0 Å². The molecule has 1 aromatic carbocycles. The van der Waals surface area contributed by atoms with Gasteiger partial charge in [0.05, 0.1) is 4.92 Å². The van der Waals surface area contributed by atoms with E-state index < -0.39 is 4.92 Å². The summed E-state index contributed by atoms with van der Waals surface area (Å²) in [7, 11) is 0. The number of aromatic nitrogens is 4. The Morgan fingerprint density at radius 3 is 2.79 bits per heavy atom. The van der Waals surface area contributed by atoms with E-state index >= 15 is 0 Å². The molecule has 0 fully saturated rings. The van der Waals surface area contributed by atoms with Crippen LogP contribution in [0, 0.1) is 10.1 Å². The van der Waals surface area contributed by atoms with Gasteiger partial charge in [0, 0.05) is 6.07 Å². The van der Waals surface area contributed by atoms with E-state index in [1.54, 1.807) is 18.2 Å². The van der Waals surface area contributed by atoms with Crippen molar-refractivity contribution in [2.75, 3.05) is 5.73 Å². The summed E-state index contributed by atoms with van der Waals surface area (Å²) >= 11 is 0. The molecule has 0 aliphatic heterocycles. The van der Waals surface area contributed by atoms with Crippen molar-refractivity contribution >= 4 is 22.7 Å². The monoisotopic (exact) mass is 256 g/mol. The molecule has 0 unspecified atom stereocenters. The van der Waals surface area contributed by atoms with Gasteiger partial charge in [0.2, 0.25) is 0 Å². The Balaban J connectivity index is 2.34. The number of benzene rings is 1. The van der Waals surface area contributed by atoms with Gasteiger partial charge in [-0.15, -0.1) is 0 Å². The molecule has 0 aliphatic carbocycles. The maximum atomic E-state index is 11.0.